The highest BCUT2D eigenvalue weighted by Crippen LogP contribution is 2.29. The molecular weight excluding hydrogens is 182 g/mol. The molecule has 3 nitrogen and oxygen atoms in total. The molecule has 2 aromatic heterocycles. The second-order valence-corrected chi connectivity index (χ2v) is 4.07. The Bertz CT molecular complexity index is 433. The number of hydrogen-bond acceptors (Lipinski definition) is 4. The molecule has 0 fully saturated rings. The van der Waals surface area contributed by atoms with Crippen LogP contribution in [0, 0.1) is 6.92 Å². The van der Waals surface area contributed by atoms with Gasteiger partial charge in [-0.15, -0.1) is 11.3 Å². The van der Waals surface area contributed by atoms with Gasteiger partial charge in [-0.25, -0.2) is 9.97 Å². The Balaban J connectivity index is 2.77. The lowest BCUT2D eigenvalue weighted by Gasteiger charge is -2.10. The zero-order chi connectivity index (χ0) is 9.42. The molecule has 0 radical (unpaired) electrons. The van der Waals surface area contributed by atoms with Crippen molar-refractivity contribution in [1.82, 2.24) is 9.97 Å². The van der Waals surface area contributed by atoms with Gasteiger partial charge in [-0.05, 0) is 17.9 Å². The molecule has 0 saturated carbocycles. The molecule has 0 aromatic carbocycles. The number of nitrogens with zero attached hydrogens (tertiary/aromatic N) is 3. The molecule has 0 bridgehead atoms. The summed E-state index contributed by atoms with van der Waals surface area (Å²) < 4.78 is 1.17. The number of aryl methyl sites for hydroxylation is 1. The van der Waals surface area contributed by atoms with Crippen molar-refractivity contribution in [3.8, 4) is 0 Å². The normalized spacial score (nSPS) is 10.7. The van der Waals surface area contributed by atoms with Crippen molar-refractivity contribution < 1.29 is 0 Å². The van der Waals surface area contributed by atoms with Crippen molar-refractivity contribution in [3.05, 3.63) is 17.3 Å². The monoisotopic (exact) mass is 193 g/mol. The molecule has 68 valence electrons. The molecule has 0 amide bonds. The van der Waals surface area contributed by atoms with Crippen LogP contribution in [-0.2, 0) is 0 Å². The van der Waals surface area contributed by atoms with Crippen LogP contribution in [0.2, 0.25) is 0 Å². The minimum Gasteiger partial charge on any atom is -0.361 e. The third-order valence-corrected chi connectivity index (χ3v) is 3.02. The molecule has 2 aromatic rings. The molecule has 0 N–H and O–H groups in total. The first-order valence-corrected chi connectivity index (χ1v) is 4.94. The number of hydrogen-bond donors (Lipinski definition) is 0. The lowest BCUT2D eigenvalue weighted by molar-refractivity contribution is 1.06. The van der Waals surface area contributed by atoms with Crippen molar-refractivity contribution in [3.63, 3.8) is 0 Å². The van der Waals surface area contributed by atoms with Crippen LogP contribution in [-0.4, -0.2) is 24.1 Å². The number of rotatable bonds is 1. The topological polar surface area (TPSA) is 29.0 Å². The van der Waals surface area contributed by atoms with Gasteiger partial charge in [0.25, 0.3) is 0 Å². The Morgan fingerprint density at radius 3 is 2.77 bits per heavy atom. The second-order valence-electron chi connectivity index (χ2n) is 3.19. The van der Waals surface area contributed by atoms with Crippen molar-refractivity contribution in [1.29, 1.82) is 0 Å². The highest BCUT2D eigenvalue weighted by molar-refractivity contribution is 7.18. The average molecular weight is 193 g/mol. The lowest BCUT2D eigenvalue weighted by atomic mass is 10.3. The summed E-state index contributed by atoms with van der Waals surface area (Å²) in [6.07, 6.45) is 1.62. The third kappa shape index (κ3) is 1.27. The number of aromatic nitrogens is 2. The van der Waals surface area contributed by atoms with E-state index in [0.29, 0.717) is 0 Å². The van der Waals surface area contributed by atoms with E-state index < -0.39 is 0 Å². The van der Waals surface area contributed by atoms with Gasteiger partial charge in [0.15, 0.2) is 0 Å². The molecule has 2 heterocycles. The van der Waals surface area contributed by atoms with Crippen molar-refractivity contribution in [2.75, 3.05) is 19.0 Å². The molecule has 13 heavy (non-hydrogen) atoms. The molecule has 0 saturated heterocycles. The van der Waals surface area contributed by atoms with Crippen LogP contribution < -0.4 is 4.90 Å². The van der Waals surface area contributed by atoms with E-state index in [2.05, 4.69) is 22.3 Å². The standard InChI is InChI=1S/C9H11N3S/c1-6-4-13-8-7(6)10-5-11-9(8)12(2)3/h4-5H,1-3H3. The number of anilines is 1. The van der Waals surface area contributed by atoms with Crippen LogP contribution in [0.3, 0.4) is 0 Å². The van der Waals surface area contributed by atoms with Gasteiger partial charge < -0.3 is 4.90 Å². The van der Waals surface area contributed by atoms with Crippen LogP contribution in [0.15, 0.2) is 11.7 Å². The summed E-state index contributed by atoms with van der Waals surface area (Å²) in [4.78, 5) is 10.5. The highest BCUT2D eigenvalue weighted by Gasteiger charge is 2.08. The van der Waals surface area contributed by atoms with E-state index in [-0.39, 0.29) is 0 Å². The Morgan fingerprint density at radius 1 is 1.31 bits per heavy atom. The molecule has 0 spiro atoms. The minimum absolute atomic E-state index is 1.00. The van der Waals surface area contributed by atoms with E-state index in [0.717, 1.165) is 11.3 Å². The predicted octanol–water partition coefficient (Wildman–Crippen LogP) is 2.07. The zero-order valence-corrected chi connectivity index (χ0v) is 8.72. The summed E-state index contributed by atoms with van der Waals surface area (Å²) in [5.41, 5.74) is 2.30. The predicted molar refractivity (Wildman–Crippen MR) is 56.5 cm³/mol. The first kappa shape index (κ1) is 8.44. The maximum atomic E-state index is 4.26. The molecule has 2 rings (SSSR count). The Morgan fingerprint density at radius 2 is 2.08 bits per heavy atom. The maximum Gasteiger partial charge on any atom is 0.149 e. The summed E-state index contributed by atoms with van der Waals surface area (Å²) in [6, 6.07) is 0. The summed E-state index contributed by atoms with van der Waals surface area (Å²) in [7, 11) is 3.99. The van der Waals surface area contributed by atoms with E-state index in [1.807, 2.05) is 19.0 Å². The van der Waals surface area contributed by atoms with E-state index in [9.17, 15) is 0 Å². The molecule has 0 atom stereocenters. The van der Waals surface area contributed by atoms with Crippen LogP contribution in [0.25, 0.3) is 10.2 Å². The van der Waals surface area contributed by atoms with Crippen LogP contribution in [0.1, 0.15) is 5.56 Å². The summed E-state index contributed by atoms with van der Waals surface area (Å²) in [6.45, 7) is 2.07. The van der Waals surface area contributed by atoms with Crippen LogP contribution in [0.5, 0.6) is 0 Å². The maximum absolute atomic E-state index is 4.26. The molecule has 4 heteroatoms. The fraction of sp³-hybridized carbons (Fsp3) is 0.333. The summed E-state index contributed by atoms with van der Waals surface area (Å²) in [5.74, 6) is 1.00. The summed E-state index contributed by atoms with van der Waals surface area (Å²) >= 11 is 1.70. The van der Waals surface area contributed by atoms with E-state index in [4.69, 9.17) is 0 Å². The van der Waals surface area contributed by atoms with Gasteiger partial charge in [0, 0.05) is 14.1 Å². The van der Waals surface area contributed by atoms with Crippen LogP contribution >= 0.6 is 11.3 Å². The SMILES string of the molecule is Cc1csc2c(N(C)C)ncnc12. The van der Waals surface area contributed by atoms with E-state index in [1.54, 1.807) is 17.7 Å². The average Bonchev–Trinajstić information content (AvgIpc) is 2.48. The number of thiophene rings is 1. The fourth-order valence-corrected chi connectivity index (χ4v) is 2.35. The highest BCUT2D eigenvalue weighted by atomic mass is 32.1. The van der Waals surface area contributed by atoms with Crippen LogP contribution in [0.4, 0.5) is 5.82 Å². The molecule has 0 aliphatic heterocycles. The first-order valence-electron chi connectivity index (χ1n) is 4.06. The quantitative estimate of drug-likeness (QED) is 0.694. The van der Waals surface area contributed by atoms with E-state index >= 15 is 0 Å². The van der Waals surface area contributed by atoms with Crippen molar-refractivity contribution >= 4 is 27.4 Å². The van der Waals surface area contributed by atoms with Gasteiger partial charge in [-0.3, -0.25) is 0 Å². The smallest absolute Gasteiger partial charge is 0.149 e. The molecule has 0 unspecified atom stereocenters. The minimum atomic E-state index is 1.00. The Kier molecular flexibility index (Phi) is 1.92. The van der Waals surface area contributed by atoms with Gasteiger partial charge in [0.1, 0.15) is 12.1 Å². The Labute approximate surface area is 81.0 Å². The van der Waals surface area contributed by atoms with Crippen molar-refractivity contribution in [2.45, 2.75) is 6.92 Å². The number of fused-ring (bicyclic) bond motifs is 1. The zero-order valence-electron chi connectivity index (χ0n) is 7.90. The third-order valence-electron chi connectivity index (χ3n) is 1.94. The van der Waals surface area contributed by atoms with Gasteiger partial charge >= 0.3 is 0 Å². The Hall–Kier alpha value is -1.16. The summed E-state index contributed by atoms with van der Waals surface area (Å²) in [5, 5.41) is 2.12. The fourth-order valence-electron chi connectivity index (χ4n) is 1.28. The van der Waals surface area contributed by atoms with Gasteiger partial charge in [-0.1, -0.05) is 0 Å². The second kappa shape index (κ2) is 2.96. The molecule has 0 aliphatic rings. The molecular formula is C9H11N3S. The lowest BCUT2D eigenvalue weighted by Crippen LogP contribution is -2.10. The first-order chi connectivity index (χ1) is 6.20. The largest absolute Gasteiger partial charge is 0.361 e. The van der Waals surface area contributed by atoms with Gasteiger partial charge in [-0.2, -0.15) is 0 Å². The molecule has 0 aliphatic carbocycles. The van der Waals surface area contributed by atoms with E-state index in [1.165, 1.54) is 10.3 Å². The van der Waals surface area contributed by atoms with Gasteiger partial charge in [0.2, 0.25) is 0 Å². The van der Waals surface area contributed by atoms with Gasteiger partial charge in [0.05, 0.1) is 10.2 Å². The van der Waals surface area contributed by atoms with Crippen molar-refractivity contribution in [2.24, 2.45) is 0 Å².